The van der Waals surface area contributed by atoms with Crippen molar-refractivity contribution < 1.29 is 4.74 Å². The zero-order valence-corrected chi connectivity index (χ0v) is 9.34. The van der Waals surface area contributed by atoms with Crippen molar-refractivity contribution in [3.05, 3.63) is 12.7 Å². The maximum atomic E-state index is 5.30. The van der Waals surface area contributed by atoms with Crippen molar-refractivity contribution in [2.75, 3.05) is 12.4 Å². The Hall–Kier alpha value is -0.0200. The maximum Gasteiger partial charge on any atom is 0.220 e. The van der Waals surface area contributed by atoms with Crippen LogP contribution in [0, 0.1) is 5.92 Å². The van der Waals surface area contributed by atoms with Crippen LogP contribution < -0.4 is 0 Å². The first-order valence-electron chi connectivity index (χ1n) is 4.07. The van der Waals surface area contributed by atoms with Crippen LogP contribution in [-0.4, -0.2) is 16.7 Å². The van der Waals surface area contributed by atoms with Crippen molar-refractivity contribution in [2.45, 2.75) is 20.3 Å². The summed E-state index contributed by atoms with van der Waals surface area (Å²) in [5, 5.41) is 0. The number of ether oxygens (including phenoxy) is 1. The maximum absolute atomic E-state index is 5.30. The van der Waals surface area contributed by atoms with Gasteiger partial charge in [-0.1, -0.05) is 31.7 Å². The average Bonchev–Trinajstić information content (AvgIpc) is 2.00. The molecule has 12 heavy (non-hydrogen) atoms. The molecule has 0 saturated carbocycles. The fourth-order valence-electron chi connectivity index (χ4n) is 0.547. The van der Waals surface area contributed by atoms with Crippen LogP contribution in [0.1, 0.15) is 20.3 Å². The monoisotopic (exact) mass is 204 g/mol. The summed E-state index contributed by atoms with van der Waals surface area (Å²) < 4.78 is 5.94. The smallest absolute Gasteiger partial charge is 0.220 e. The van der Waals surface area contributed by atoms with E-state index in [-0.39, 0.29) is 0 Å². The van der Waals surface area contributed by atoms with E-state index in [4.69, 9.17) is 17.0 Å². The Morgan fingerprint density at radius 3 is 2.83 bits per heavy atom. The van der Waals surface area contributed by atoms with Crippen LogP contribution >= 0.6 is 24.0 Å². The van der Waals surface area contributed by atoms with Crippen molar-refractivity contribution in [2.24, 2.45) is 5.92 Å². The largest absolute Gasteiger partial charge is 0.479 e. The second-order valence-electron chi connectivity index (χ2n) is 2.88. The predicted molar refractivity (Wildman–Crippen MR) is 60.7 cm³/mol. The van der Waals surface area contributed by atoms with Crippen LogP contribution in [-0.2, 0) is 4.74 Å². The molecule has 0 radical (unpaired) electrons. The van der Waals surface area contributed by atoms with Crippen molar-refractivity contribution in [1.29, 1.82) is 0 Å². The van der Waals surface area contributed by atoms with Crippen molar-refractivity contribution in [1.82, 2.24) is 0 Å². The number of rotatable bonds is 5. The van der Waals surface area contributed by atoms with Gasteiger partial charge in [0.05, 0.1) is 6.61 Å². The quantitative estimate of drug-likeness (QED) is 0.502. The van der Waals surface area contributed by atoms with E-state index in [1.165, 1.54) is 11.8 Å². The Morgan fingerprint density at radius 2 is 2.33 bits per heavy atom. The van der Waals surface area contributed by atoms with Crippen LogP contribution in [0.4, 0.5) is 0 Å². The summed E-state index contributed by atoms with van der Waals surface area (Å²) in [6, 6.07) is 0. The van der Waals surface area contributed by atoms with Gasteiger partial charge in [0, 0.05) is 5.75 Å². The summed E-state index contributed by atoms with van der Waals surface area (Å²) in [7, 11) is 0. The van der Waals surface area contributed by atoms with Crippen LogP contribution in [0.25, 0.3) is 0 Å². The fourth-order valence-corrected chi connectivity index (χ4v) is 1.25. The number of thiocarbonyl (C=S) groups is 1. The van der Waals surface area contributed by atoms with Gasteiger partial charge >= 0.3 is 0 Å². The van der Waals surface area contributed by atoms with E-state index in [1.54, 1.807) is 0 Å². The van der Waals surface area contributed by atoms with Gasteiger partial charge in [-0.05, 0) is 24.6 Å². The van der Waals surface area contributed by atoms with Gasteiger partial charge in [-0.15, -0.1) is 6.58 Å². The second-order valence-corrected chi connectivity index (χ2v) is 4.50. The van der Waals surface area contributed by atoms with Gasteiger partial charge in [0.25, 0.3) is 0 Å². The third-order valence-corrected chi connectivity index (χ3v) is 2.46. The molecule has 0 unspecified atom stereocenters. The molecule has 0 aliphatic heterocycles. The SMILES string of the molecule is C=CCSC(=S)OCCC(C)C. The molecule has 0 aliphatic carbocycles. The van der Waals surface area contributed by atoms with Crippen LogP contribution in [0.15, 0.2) is 12.7 Å². The van der Waals surface area contributed by atoms with Crippen molar-refractivity contribution >= 4 is 28.4 Å². The molecule has 3 heteroatoms. The highest BCUT2D eigenvalue weighted by molar-refractivity contribution is 8.22. The van der Waals surface area contributed by atoms with Gasteiger partial charge in [0.15, 0.2) is 0 Å². The molecule has 0 saturated heterocycles. The van der Waals surface area contributed by atoms with Crippen LogP contribution in [0.5, 0.6) is 0 Å². The summed E-state index contributed by atoms with van der Waals surface area (Å²) in [5.74, 6) is 1.51. The molecule has 0 atom stereocenters. The lowest BCUT2D eigenvalue weighted by molar-refractivity contribution is 0.292. The Labute approximate surface area is 84.6 Å². The molecule has 0 aliphatic rings. The van der Waals surface area contributed by atoms with E-state index in [0.29, 0.717) is 10.3 Å². The molecule has 0 amide bonds. The predicted octanol–water partition coefficient (Wildman–Crippen LogP) is 3.25. The summed E-state index contributed by atoms with van der Waals surface area (Å²) in [6.45, 7) is 8.68. The summed E-state index contributed by atoms with van der Waals surface area (Å²) >= 11 is 6.48. The van der Waals surface area contributed by atoms with Gasteiger partial charge in [0.2, 0.25) is 4.38 Å². The topological polar surface area (TPSA) is 9.23 Å². The minimum Gasteiger partial charge on any atom is -0.479 e. The first-order chi connectivity index (χ1) is 5.66. The minimum atomic E-state index is 0.635. The zero-order valence-electron chi connectivity index (χ0n) is 7.71. The summed E-state index contributed by atoms with van der Waals surface area (Å²) in [6.07, 6.45) is 2.89. The lowest BCUT2D eigenvalue weighted by Crippen LogP contribution is -2.02. The lowest BCUT2D eigenvalue weighted by atomic mass is 10.1. The highest BCUT2D eigenvalue weighted by atomic mass is 32.2. The number of hydrogen-bond donors (Lipinski definition) is 0. The van der Waals surface area contributed by atoms with E-state index in [2.05, 4.69) is 20.4 Å². The molecule has 0 spiro atoms. The standard InChI is InChI=1S/C9H16OS2/c1-4-7-12-9(11)10-6-5-8(2)3/h4,8H,1,5-7H2,2-3H3. The van der Waals surface area contributed by atoms with Gasteiger partial charge in [-0.2, -0.15) is 0 Å². The third-order valence-electron chi connectivity index (χ3n) is 1.23. The summed E-state index contributed by atoms with van der Waals surface area (Å²) in [5.41, 5.74) is 0. The Bertz CT molecular complexity index is 143. The molecule has 0 N–H and O–H groups in total. The molecule has 70 valence electrons. The Balaban J connectivity index is 3.25. The highest BCUT2D eigenvalue weighted by Gasteiger charge is 1.98. The van der Waals surface area contributed by atoms with Crippen molar-refractivity contribution in [3.8, 4) is 0 Å². The minimum absolute atomic E-state index is 0.635. The normalized spacial score (nSPS) is 9.92. The van der Waals surface area contributed by atoms with E-state index in [1.807, 2.05) is 6.08 Å². The number of thioether (sulfide) groups is 1. The highest BCUT2D eigenvalue weighted by Crippen LogP contribution is 2.07. The molecule has 0 aromatic heterocycles. The molecular formula is C9H16OS2. The average molecular weight is 204 g/mol. The van der Waals surface area contributed by atoms with Gasteiger partial charge in [0.1, 0.15) is 0 Å². The van der Waals surface area contributed by atoms with Gasteiger partial charge in [-0.3, -0.25) is 0 Å². The molecular weight excluding hydrogens is 188 g/mol. The van der Waals surface area contributed by atoms with E-state index >= 15 is 0 Å². The Morgan fingerprint density at radius 1 is 1.67 bits per heavy atom. The van der Waals surface area contributed by atoms with Gasteiger partial charge < -0.3 is 4.74 Å². The Kier molecular flexibility index (Phi) is 7.61. The number of hydrogen-bond acceptors (Lipinski definition) is 3. The van der Waals surface area contributed by atoms with Crippen molar-refractivity contribution in [3.63, 3.8) is 0 Å². The zero-order chi connectivity index (χ0) is 9.40. The van der Waals surface area contributed by atoms with Gasteiger partial charge in [-0.25, -0.2) is 0 Å². The fraction of sp³-hybridized carbons (Fsp3) is 0.667. The first-order valence-corrected chi connectivity index (χ1v) is 5.46. The molecule has 0 aromatic rings. The summed E-state index contributed by atoms with van der Waals surface area (Å²) in [4.78, 5) is 0. The van der Waals surface area contributed by atoms with E-state index < -0.39 is 0 Å². The molecule has 0 rings (SSSR count). The third kappa shape index (κ3) is 8.08. The molecule has 0 heterocycles. The van der Waals surface area contributed by atoms with E-state index in [0.717, 1.165) is 18.8 Å². The molecule has 1 nitrogen and oxygen atoms in total. The molecule has 0 fully saturated rings. The van der Waals surface area contributed by atoms with Crippen LogP contribution in [0.3, 0.4) is 0 Å². The first kappa shape index (κ1) is 12.0. The van der Waals surface area contributed by atoms with Crippen LogP contribution in [0.2, 0.25) is 0 Å². The van der Waals surface area contributed by atoms with E-state index in [9.17, 15) is 0 Å². The lowest BCUT2D eigenvalue weighted by Gasteiger charge is -2.07. The molecule has 0 aromatic carbocycles. The second kappa shape index (κ2) is 7.62. The molecule has 0 bridgehead atoms.